The van der Waals surface area contributed by atoms with Crippen molar-refractivity contribution in [3.63, 3.8) is 0 Å². The number of nitrogens with one attached hydrogen (secondary N) is 1. The molecule has 17 heavy (non-hydrogen) atoms. The lowest BCUT2D eigenvalue weighted by atomic mass is 10.1. The molecule has 94 valence electrons. The Hall–Kier alpha value is -0.930. The van der Waals surface area contributed by atoms with E-state index < -0.39 is 0 Å². The van der Waals surface area contributed by atoms with E-state index in [0.717, 1.165) is 38.2 Å². The van der Waals surface area contributed by atoms with Crippen LogP contribution in [-0.4, -0.2) is 37.1 Å². The van der Waals surface area contributed by atoms with Crippen LogP contribution in [0.4, 0.5) is 4.39 Å². The summed E-state index contributed by atoms with van der Waals surface area (Å²) < 4.78 is 13.1. The van der Waals surface area contributed by atoms with Crippen LogP contribution in [0.15, 0.2) is 24.3 Å². The van der Waals surface area contributed by atoms with Crippen LogP contribution in [-0.2, 0) is 6.42 Å². The van der Waals surface area contributed by atoms with Gasteiger partial charge >= 0.3 is 0 Å². The molecule has 1 aliphatic heterocycles. The molecule has 0 aliphatic carbocycles. The predicted octanol–water partition coefficient (Wildman–Crippen LogP) is 2.05. The minimum Gasteiger partial charge on any atom is -0.315 e. The highest BCUT2D eigenvalue weighted by Crippen LogP contribution is 2.11. The molecule has 3 heteroatoms. The Labute approximate surface area is 103 Å². The molecule has 1 aliphatic rings. The van der Waals surface area contributed by atoms with E-state index in [1.165, 1.54) is 12.5 Å². The second kappa shape index (κ2) is 6.12. The normalized spacial score (nSPS) is 19.9. The SMILES string of the molecule is CC(Cc1cccc(F)c1)N1CCCNCC1. The second-order valence-corrected chi connectivity index (χ2v) is 4.82. The summed E-state index contributed by atoms with van der Waals surface area (Å²) in [6.45, 7) is 6.65. The number of benzene rings is 1. The molecule has 1 N–H and O–H groups in total. The third-order valence-corrected chi connectivity index (χ3v) is 3.42. The van der Waals surface area contributed by atoms with Crippen molar-refractivity contribution in [2.45, 2.75) is 25.8 Å². The van der Waals surface area contributed by atoms with E-state index in [1.54, 1.807) is 12.1 Å². The lowest BCUT2D eigenvalue weighted by molar-refractivity contribution is 0.221. The van der Waals surface area contributed by atoms with E-state index in [-0.39, 0.29) is 5.82 Å². The molecule has 1 atom stereocenters. The highest BCUT2D eigenvalue weighted by atomic mass is 19.1. The molecule has 1 saturated heterocycles. The summed E-state index contributed by atoms with van der Waals surface area (Å²) >= 11 is 0. The zero-order valence-electron chi connectivity index (χ0n) is 10.5. The minimum atomic E-state index is -0.132. The van der Waals surface area contributed by atoms with Crippen LogP contribution in [0, 0.1) is 5.82 Å². The molecule has 1 aromatic carbocycles. The van der Waals surface area contributed by atoms with Gasteiger partial charge in [0.1, 0.15) is 5.82 Å². The average Bonchev–Trinajstić information content (AvgIpc) is 2.57. The van der Waals surface area contributed by atoms with Gasteiger partial charge in [0.15, 0.2) is 0 Å². The summed E-state index contributed by atoms with van der Waals surface area (Å²) in [5, 5.41) is 3.40. The molecule has 2 nitrogen and oxygen atoms in total. The first-order valence-corrected chi connectivity index (χ1v) is 6.45. The van der Waals surface area contributed by atoms with Crippen molar-refractivity contribution in [3.8, 4) is 0 Å². The minimum absolute atomic E-state index is 0.132. The molecule has 0 radical (unpaired) electrons. The number of hydrogen-bond donors (Lipinski definition) is 1. The smallest absolute Gasteiger partial charge is 0.123 e. The maximum atomic E-state index is 13.1. The van der Waals surface area contributed by atoms with Crippen molar-refractivity contribution in [1.29, 1.82) is 0 Å². The molecule has 1 fully saturated rings. The van der Waals surface area contributed by atoms with Crippen LogP contribution >= 0.6 is 0 Å². The largest absolute Gasteiger partial charge is 0.315 e. The van der Waals surface area contributed by atoms with Gasteiger partial charge in [-0.3, -0.25) is 4.90 Å². The van der Waals surface area contributed by atoms with Gasteiger partial charge in [0.05, 0.1) is 0 Å². The molecule has 0 amide bonds. The fourth-order valence-electron chi connectivity index (χ4n) is 2.44. The van der Waals surface area contributed by atoms with Gasteiger partial charge in [-0.05, 0) is 50.6 Å². The quantitative estimate of drug-likeness (QED) is 0.864. The Balaban J connectivity index is 1.93. The molecule has 1 heterocycles. The third-order valence-electron chi connectivity index (χ3n) is 3.42. The molecule has 0 spiro atoms. The van der Waals surface area contributed by atoms with Crippen LogP contribution < -0.4 is 5.32 Å². The zero-order chi connectivity index (χ0) is 12.1. The molecule has 0 bridgehead atoms. The first-order chi connectivity index (χ1) is 8.25. The molecular weight excluding hydrogens is 215 g/mol. The second-order valence-electron chi connectivity index (χ2n) is 4.82. The Morgan fingerprint density at radius 3 is 3.06 bits per heavy atom. The van der Waals surface area contributed by atoms with Crippen LogP contribution in [0.3, 0.4) is 0 Å². The van der Waals surface area contributed by atoms with Gasteiger partial charge in [-0.2, -0.15) is 0 Å². The van der Waals surface area contributed by atoms with Gasteiger partial charge in [-0.25, -0.2) is 4.39 Å². The number of halogens is 1. The number of nitrogens with zero attached hydrogens (tertiary/aromatic N) is 1. The maximum Gasteiger partial charge on any atom is 0.123 e. The van der Waals surface area contributed by atoms with Gasteiger partial charge in [0, 0.05) is 19.1 Å². The van der Waals surface area contributed by atoms with Gasteiger partial charge in [0.25, 0.3) is 0 Å². The summed E-state index contributed by atoms with van der Waals surface area (Å²) in [5.74, 6) is -0.132. The topological polar surface area (TPSA) is 15.3 Å². The van der Waals surface area contributed by atoms with Gasteiger partial charge < -0.3 is 5.32 Å². The highest BCUT2D eigenvalue weighted by Gasteiger charge is 2.15. The molecule has 0 aromatic heterocycles. The van der Waals surface area contributed by atoms with Crippen molar-refractivity contribution in [2.24, 2.45) is 0 Å². The van der Waals surface area contributed by atoms with Gasteiger partial charge in [-0.15, -0.1) is 0 Å². The van der Waals surface area contributed by atoms with E-state index in [1.807, 2.05) is 6.07 Å². The van der Waals surface area contributed by atoms with Crippen molar-refractivity contribution in [3.05, 3.63) is 35.6 Å². The van der Waals surface area contributed by atoms with E-state index in [2.05, 4.69) is 17.1 Å². The summed E-state index contributed by atoms with van der Waals surface area (Å²) in [7, 11) is 0. The monoisotopic (exact) mass is 236 g/mol. The van der Waals surface area contributed by atoms with Crippen molar-refractivity contribution in [2.75, 3.05) is 26.2 Å². The summed E-state index contributed by atoms with van der Waals surface area (Å²) in [5.41, 5.74) is 1.09. The number of hydrogen-bond acceptors (Lipinski definition) is 2. The van der Waals surface area contributed by atoms with Crippen LogP contribution in [0.2, 0.25) is 0 Å². The fraction of sp³-hybridized carbons (Fsp3) is 0.571. The Bertz CT molecular complexity index is 346. The van der Waals surface area contributed by atoms with Gasteiger partial charge in [0.2, 0.25) is 0 Å². The molecular formula is C14H21FN2. The molecule has 2 rings (SSSR count). The van der Waals surface area contributed by atoms with Crippen molar-refractivity contribution < 1.29 is 4.39 Å². The van der Waals surface area contributed by atoms with Crippen molar-refractivity contribution >= 4 is 0 Å². The zero-order valence-corrected chi connectivity index (χ0v) is 10.5. The Morgan fingerprint density at radius 2 is 2.24 bits per heavy atom. The van der Waals surface area contributed by atoms with Crippen LogP contribution in [0.5, 0.6) is 0 Å². The molecule has 1 aromatic rings. The summed E-state index contributed by atoms with van der Waals surface area (Å²) in [6, 6.07) is 7.44. The van der Waals surface area contributed by atoms with E-state index in [0.29, 0.717) is 6.04 Å². The Kier molecular flexibility index (Phi) is 4.51. The summed E-state index contributed by atoms with van der Waals surface area (Å²) in [6.07, 6.45) is 2.13. The third kappa shape index (κ3) is 3.79. The molecule has 1 unspecified atom stereocenters. The van der Waals surface area contributed by atoms with Crippen LogP contribution in [0.25, 0.3) is 0 Å². The fourth-order valence-corrected chi connectivity index (χ4v) is 2.44. The standard InChI is InChI=1S/C14H21FN2/c1-12(17-8-3-6-16-7-9-17)10-13-4-2-5-14(15)11-13/h2,4-5,11-12,16H,3,6-10H2,1H3. The van der Waals surface area contributed by atoms with Crippen molar-refractivity contribution in [1.82, 2.24) is 10.2 Å². The predicted molar refractivity (Wildman–Crippen MR) is 68.6 cm³/mol. The van der Waals surface area contributed by atoms with Gasteiger partial charge in [-0.1, -0.05) is 12.1 Å². The van der Waals surface area contributed by atoms with Crippen LogP contribution in [0.1, 0.15) is 18.9 Å². The number of rotatable bonds is 3. The lowest BCUT2D eigenvalue weighted by Gasteiger charge is -2.27. The average molecular weight is 236 g/mol. The van der Waals surface area contributed by atoms with E-state index in [9.17, 15) is 4.39 Å². The first-order valence-electron chi connectivity index (χ1n) is 6.45. The lowest BCUT2D eigenvalue weighted by Crippen LogP contribution is -2.37. The molecule has 0 saturated carbocycles. The Morgan fingerprint density at radius 1 is 1.35 bits per heavy atom. The van der Waals surface area contributed by atoms with E-state index in [4.69, 9.17) is 0 Å². The highest BCUT2D eigenvalue weighted by molar-refractivity contribution is 5.17. The summed E-state index contributed by atoms with van der Waals surface area (Å²) in [4.78, 5) is 2.49. The first kappa shape index (κ1) is 12.5. The maximum absolute atomic E-state index is 13.1. The van der Waals surface area contributed by atoms with E-state index >= 15 is 0 Å².